The number of likely N-dealkylation sites (tertiary alicyclic amines) is 1. The number of carbonyl (C=O) groups is 1. The highest BCUT2D eigenvalue weighted by molar-refractivity contribution is 5.87. The SMILES string of the molecule is C[C@H]1CCCCN1Cc1ccc(C(=O)O)cc1. The molecule has 2 rings (SSSR count). The maximum atomic E-state index is 10.7. The normalized spacial score (nSPS) is 21.4. The van der Waals surface area contributed by atoms with Gasteiger partial charge in [0.1, 0.15) is 0 Å². The van der Waals surface area contributed by atoms with Gasteiger partial charge in [-0.3, -0.25) is 4.90 Å². The molecule has 1 saturated heterocycles. The van der Waals surface area contributed by atoms with Crippen LogP contribution in [0.4, 0.5) is 0 Å². The Balaban J connectivity index is 2.00. The lowest BCUT2D eigenvalue weighted by molar-refractivity contribution is 0.0697. The molecule has 3 heteroatoms. The van der Waals surface area contributed by atoms with Crippen molar-refractivity contribution in [3.8, 4) is 0 Å². The number of benzene rings is 1. The van der Waals surface area contributed by atoms with Crippen LogP contribution in [-0.2, 0) is 6.54 Å². The molecule has 1 heterocycles. The summed E-state index contributed by atoms with van der Waals surface area (Å²) in [5.74, 6) is -0.858. The molecule has 0 amide bonds. The van der Waals surface area contributed by atoms with E-state index in [-0.39, 0.29) is 0 Å². The van der Waals surface area contributed by atoms with Gasteiger partial charge in [0.15, 0.2) is 0 Å². The van der Waals surface area contributed by atoms with E-state index in [1.165, 1.54) is 24.8 Å². The highest BCUT2D eigenvalue weighted by Gasteiger charge is 2.17. The summed E-state index contributed by atoms with van der Waals surface area (Å²) in [6.07, 6.45) is 3.88. The summed E-state index contributed by atoms with van der Waals surface area (Å²) in [4.78, 5) is 13.2. The molecule has 1 aromatic carbocycles. The van der Waals surface area contributed by atoms with Gasteiger partial charge in [-0.2, -0.15) is 0 Å². The zero-order valence-electron chi connectivity index (χ0n) is 10.2. The van der Waals surface area contributed by atoms with E-state index in [1.807, 2.05) is 12.1 Å². The van der Waals surface area contributed by atoms with E-state index in [1.54, 1.807) is 12.1 Å². The van der Waals surface area contributed by atoms with Crippen LogP contribution in [0.3, 0.4) is 0 Å². The maximum absolute atomic E-state index is 10.7. The van der Waals surface area contributed by atoms with Gasteiger partial charge in [-0.05, 0) is 44.0 Å². The summed E-state index contributed by atoms with van der Waals surface area (Å²) < 4.78 is 0. The van der Waals surface area contributed by atoms with Crippen LogP contribution >= 0.6 is 0 Å². The molecule has 17 heavy (non-hydrogen) atoms. The fourth-order valence-electron chi connectivity index (χ4n) is 2.38. The van der Waals surface area contributed by atoms with Crippen molar-refractivity contribution in [1.82, 2.24) is 4.90 Å². The average Bonchev–Trinajstić information content (AvgIpc) is 2.33. The van der Waals surface area contributed by atoms with Crippen LogP contribution < -0.4 is 0 Å². The summed E-state index contributed by atoms with van der Waals surface area (Å²) in [6.45, 7) is 4.35. The van der Waals surface area contributed by atoms with Gasteiger partial charge in [0.2, 0.25) is 0 Å². The number of piperidine rings is 1. The Bertz CT molecular complexity index is 386. The predicted molar refractivity (Wildman–Crippen MR) is 67.1 cm³/mol. The van der Waals surface area contributed by atoms with Gasteiger partial charge in [-0.15, -0.1) is 0 Å². The molecular formula is C14H19NO2. The van der Waals surface area contributed by atoms with E-state index in [0.29, 0.717) is 11.6 Å². The van der Waals surface area contributed by atoms with Crippen LogP contribution in [0.15, 0.2) is 24.3 Å². The predicted octanol–water partition coefficient (Wildman–Crippen LogP) is 2.76. The lowest BCUT2D eigenvalue weighted by Gasteiger charge is -2.33. The van der Waals surface area contributed by atoms with E-state index in [2.05, 4.69) is 11.8 Å². The molecule has 3 nitrogen and oxygen atoms in total. The lowest BCUT2D eigenvalue weighted by Crippen LogP contribution is -2.36. The monoisotopic (exact) mass is 233 g/mol. The first kappa shape index (κ1) is 12.1. The first-order valence-corrected chi connectivity index (χ1v) is 6.23. The molecule has 1 N–H and O–H groups in total. The van der Waals surface area contributed by atoms with Crippen LogP contribution in [0.25, 0.3) is 0 Å². The fraction of sp³-hybridized carbons (Fsp3) is 0.500. The summed E-state index contributed by atoms with van der Waals surface area (Å²) in [6, 6.07) is 7.86. The molecule has 0 aliphatic carbocycles. The number of carboxylic acid groups (broad SMARTS) is 1. The van der Waals surface area contributed by atoms with E-state index < -0.39 is 5.97 Å². The van der Waals surface area contributed by atoms with Crippen LogP contribution in [0.1, 0.15) is 42.1 Å². The van der Waals surface area contributed by atoms with Gasteiger partial charge in [0.25, 0.3) is 0 Å². The molecule has 1 aliphatic heterocycles. The van der Waals surface area contributed by atoms with Gasteiger partial charge < -0.3 is 5.11 Å². The second kappa shape index (κ2) is 5.32. The van der Waals surface area contributed by atoms with Crippen molar-refractivity contribution in [3.05, 3.63) is 35.4 Å². The second-order valence-electron chi connectivity index (χ2n) is 4.82. The standard InChI is InChI=1S/C14H19NO2/c1-11-4-2-3-9-15(11)10-12-5-7-13(8-6-12)14(16)17/h5-8,11H,2-4,9-10H2,1H3,(H,16,17)/t11-/m0/s1. The Morgan fingerprint density at radius 3 is 2.65 bits per heavy atom. The molecular weight excluding hydrogens is 214 g/mol. The van der Waals surface area contributed by atoms with Gasteiger partial charge >= 0.3 is 5.97 Å². The topological polar surface area (TPSA) is 40.5 Å². The van der Waals surface area contributed by atoms with Crippen molar-refractivity contribution in [2.24, 2.45) is 0 Å². The zero-order chi connectivity index (χ0) is 12.3. The lowest BCUT2D eigenvalue weighted by atomic mass is 10.0. The number of hydrogen-bond acceptors (Lipinski definition) is 2. The number of nitrogens with zero attached hydrogens (tertiary/aromatic N) is 1. The summed E-state index contributed by atoms with van der Waals surface area (Å²) in [7, 11) is 0. The van der Waals surface area contributed by atoms with E-state index in [4.69, 9.17) is 5.11 Å². The van der Waals surface area contributed by atoms with Crippen molar-refractivity contribution in [2.45, 2.75) is 38.8 Å². The van der Waals surface area contributed by atoms with Crippen molar-refractivity contribution in [3.63, 3.8) is 0 Å². The molecule has 1 aromatic rings. The van der Waals surface area contributed by atoms with E-state index >= 15 is 0 Å². The second-order valence-corrected chi connectivity index (χ2v) is 4.82. The van der Waals surface area contributed by atoms with Crippen LogP contribution in [-0.4, -0.2) is 28.6 Å². The third-order valence-corrected chi connectivity index (χ3v) is 3.53. The third-order valence-electron chi connectivity index (χ3n) is 3.53. The summed E-state index contributed by atoms with van der Waals surface area (Å²) >= 11 is 0. The minimum Gasteiger partial charge on any atom is -0.478 e. The van der Waals surface area contributed by atoms with E-state index in [0.717, 1.165) is 13.1 Å². The van der Waals surface area contributed by atoms with Crippen molar-refractivity contribution >= 4 is 5.97 Å². The van der Waals surface area contributed by atoms with Crippen LogP contribution in [0, 0.1) is 0 Å². The molecule has 1 fully saturated rings. The maximum Gasteiger partial charge on any atom is 0.335 e. The minimum atomic E-state index is -0.858. The van der Waals surface area contributed by atoms with E-state index in [9.17, 15) is 4.79 Å². The molecule has 0 unspecified atom stereocenters. The van der Waals surface area contributed by atoms with Crippen LogP contribution in [0.2, 0.25) is 0 Å². The average molecular weight is 233 g/mol. The molecule has 0 radical (unpaired) electrons. The van der Waals surface area contributed by atoms with Gasteiger partial charge in [0, 0.05) is 12.6 Å². The Hall–Kier alpha value is -1.35. The molecule has 1 atom stereocenters. The Morgan fingerprint density at radius 2 is 2.06 bits per heavy atom. The highest BCUT2D eigenvalue weighted by atomic mass is 16.4. The Morgan fingerprint density at radius 1 is 1.35 bits per heavy atom. The summed E-state index contributed by atoms with van der Waals surface area (Å²) in [5, 5.41) is 8.83. The van der Waals surface area contributed by atoms with Gasteiger partial charge in [-0.25, -0.2) is 4.79 Å². The Kier molecular flexibility index (Phi) is 3.79. The third kappa shape index (κ3) is 3.07. The molecule has 0 aromatic heterocycles. The largest absolute Gasteiger partial charge is 0.478 e. The summed E-state index contributed by atoms with van der Waals surface area (Å²) in [5.41, 5.74) is 1.56. The molecule has 92 valence electrons. The zero-order valence-corrected chi connectivity index (χ0v) is 10.2. The number of hydrogen-bond donors (Lipinski definition) is 1. The highest BCUT2D eigenvalue weighted by Crippen LogP contribution is 2.19. The van der Waals surface area contributed by atoms with Crippen molar-refractivity contribution in [2.75, 3.05) is 6.54 Å². The Labute approximate surface area is 102 Å². The number of aromatic carboxylic acids is 1. The molecule has 0 bridgehead atoms. The molecule has 0 spiro atoms. The number of carboxylic acids is 1. The van der Waals surface area contributed by atoms with Gasteiger partial charge in [0.05, 0.1) is 5.56 Å². The smallest absolute Gasteiger partial charge is 0.335 e. The molecule has 1 aliphatic rings. The molecule has 0 saturated carbocycles. The fourth-order valence-corrected chi connectivity index (χ4v) is 2.38. The van der Waals surface area contributed by atoms with Crippen LogP contribution in [0.5, 0.6) is 0 Å². The quantitative estimate of drug-likeness (QED) is 0.872. The van der Waals surface area contributed by atoms with Crippen molar-refractivity contribution in [1.29, 1.82) is 0 Å². The van der Waals surface area contributed by atoms with Gasteiger partial charge in [-0.1, -0.05) is 18.6 Å². The number of rotatable bonds is 3. The minimum absolute atomic E-state index is 0.362. The first-order chi connectivity index (χ1) is 8.16. The first-order valence-electron chi connectivity index (χ1n) is 6.23. The van der Waals surface area contributed by atoms with Crippen molar-refractivity contribution < 1.29 is 9.90 Å².